The van der Waals surface area contributed by atoms with Gasteiger partial charge in [-0.3, -0.25) is 0 Å². The summed E-state index contributed by atoms with van der Waals surface area (Å²) in [7, 11) is -3.47. The van der Waals surface area contributed by atoms with Crippen molar-refractivity contribution in [3.8, 4) is 11.8 Å². The van der Waals surface area contributed by atoms with Crippen molar-refractivity contribution in [2.75, 3.05) is 18.1 Å². The summed E-state index contributed by atoms with van der Waals surface area (Å²) in [5.74, 6) is 7.59. The summed E-state index contributed by atoms with van der Waals surface area (Å²) in [6, 6.07) is 6.70. The molecule has 1 aliphatic heterocycles. The minimum absolute atomic E-state index is 0.0417. The Hall–Kier alpha value is -1.00. The topological polar surface area (TPSA) is 72.2 Å². The Morgan fingerprint density at radius 3 is 2.80 bits per heavy atom. The quantitative estimate of drug-likeness (QED) is 0.822. The maximum atomic E-state index is 12.3. The first kappa shape index (κ1) is 15.4. The number of nitrogens with one attached hydrogen (secondary N) is 1. The molecule has 4 nitrogen and oxygen atoms in total. The summed E-state index contributed by atoms with van der Waals surface area (Å²) in [5, 5.41) is 0. The molecule has 0 radical (unpaired) electrons. The lowest BCUT2D eigenvalue weighted by molar-refractivity contribution is 0.529. The number of rotatable bonds is 3. The van der Waals surface area contributed by atoms with Crippen LogP contribution in [0.4, 0.5) is 0 Å². The minimum atomic E-state index is -3.47. The van der Waals surface area contributed by atoms with Gasteiger partial charge in [-0.1, -0.05) is 17.9 Å². The minimum Gasteiger partial charge on any atom is -0.320 e. The van der Waals surface area contributed by atoms with Crippen molar-refractivity contribution in [3.05, 3.63) is 29.8 Å². The first-order valence-corrected chi connectivity index (χ1v) is 9.15. The molecule has 20 heavy (non-hydrogen) atoms. The van der Waals surface area contributed by atoms with Gasteiger partial charge in [-0.15, -0.1) is 0 Å². The van der Waals surface area contributed by atoms with E-state index in [1.165, 1.54) is 0 Å². The molecule has 0 aromatic heterocycles. The number of hydrogen-bond donors (Lipinski definition) is 2. The summed E-state index contributed by atoms with van der Waals surface area (Å²) in [5.41, 5.74) is 5.98. The highest BCUT2D eigenvalue weighted by Crippen LogP contribution is 2.19. The normalized spacial score (nSPS) is 16.4. The summed E-state index contributed by atoms with van der Waals surface area (Å²) >= 11 is 1.87. The smallest absolute Gasteiger partial charge is 0.240 e. The standard InChI is InChI=1S/C14H18N2O2S2/c15-8-2-4-12-3-1-5-14(11-12)20(17,18)16-13-6-9-19-10-7-13/h1,3,5,11,13,16H,6-10,15H2. The van der Waals surface area contributed by atoms with Gasteiger partial charge in [-0.05, 0) is 42.5 Å². The first-order valence-electron chi connectivity index (χ1n) is 6.51. The molecule has 2 rings (SSSR count). The van der Waals surface area contributed by atoms with E-state index in [0.29, 0.717) is 5.56 Å². The average Bonchev–Trinajstić information content (AvgIpc) is 2.46. The van der Waals surface area contributed by atoms with Gasteiger partial charge in [0.1, 0.15) is 0 Å². The van der Waals surface area contributed by atoms with Crippen LogP contribution in [0.3, 0.4) is 0 Å². The third-order valence-electron chi connectivity index (χ3n) is 3.02. The van der Waals surface area contributed by atoms with Crippen LogP contribution in [-0.2, 0) is 10.0 Å². The lowest BCUT2D eigenvalue weighted by Crippen LogP contribution is -2.37. The fourth-order valence-corrected chi connectivity index (χ4v) is 4.45. The second kappa shape index (κ2) is 7.14. The highest BCUT2D eigenvalue weighted by atomic mass is 32.2. The van der Waals surface area contributed by atoms with E-state index in [9.17, 15) is 8.42 Å². The lowest BCUT2D eigenvalue weighted by atomic mass is 10.2. The molecule has 6 heteroatoms. The molecule has 1 fully saturated rings. The third-order valence-corrected chi connectivity index (χ3v) is 5.59. The summed E-state index contributed by atoms with van der Waals surface area (Å²) < 4.78 is 27.5. The van der Waals surface area contributed by atoms with Crippen LogP contribution in [-0.4, -0.2) is 32.5 Å². The van der Waals surface area contributed by atoms with Crippen molar-refractivity contribution >= 4 is 21.8 Å². The number of benzene rings is 1. The van der Waals surface area contributed by atoms with Crippen LogP contribution in [0.5, 0.6) is 0 Å². The number of sulfonamides is 1. The molecule has 1 aromatic carbocycles. The van der Waals surface area contributed by atoms with Crippen molar-refractivity contribution in [1.82, 2.24) is 4.72 Å². The molecule has 0 bridgehead atoms. The van der Waals surface area contributed by atoms with Gasteiger partial charge in [-0.2, -0.15) is 11.8 Å². The molecule has 1 heterocycles. The monoisotopic (exact) mass is 310 g/mol. The van der Waals surface area contributed by atoms with Gasteiger partial charge >= 0.3 is 0 Å². The van der Waals surface area contributed by atoms with E-state index in [0.717, 1.165) is 24.3 Å². The zero-order chi connectivity index (χ0) is 14.4. The maximum absolute atomic E-state index is 12.3. The molecule has 1 saturated heterocycles. The third kappa shape index (κ3) is 4.25. The van der Waals surface area contributed by atoms with Gasteiger partial charge in [0.05, 0.1) is 11.4 Å². The molecule has 0 spiro atoms. The second-order valence-electron chi connectivity index (χ2n) is 4.54. The van der Waals surface area contributed by atoms with Crippen LogP contribution < -0.4 is 10.5 Å². The Bertz CT molecular complexity index is 612. The van der Waals surface area contributed by atoms with Crippen LogP contribution in [0.1, 0.15) is 18.4 Å². The first-order chi connectivity index (χ1) is 9.62. The van der Waals surface area contributed by atoms with Crippen LogP contribution in [0.25, 0.3) is 0 Å². The zero-order valence-electron chi connectivity index (χ0n) is 11.1. The molecular weight excluding hydrogens is 292 g/mol. The SMILES string of the molecule is NCC#Cc1cccc(S(=O)(=O)NC2CCSCC2)c1. The molecule has 108 valence electrons. The van der Waals surface area contributed by atoms with Crippen molar-refractivity contribution in [2.45, 2.75) is 23.8 Å². The Balaban J connectivity index is 2.16. The Morgan fingerprint density at radius 2 is 2.10 bits per heavy atom. The molecule has 1 aliphatic rings. The highest BCUT2D eigenvalue weighted by Gasteiger charge is 2.21. The predicted molar refractivity (Wildman–Crippen MR) is 83.0 cm³/mol. The van der Waals surface area contributed by atoms with Gasteiger partial charge in [0.25, 0.3) is 0 Å². The predicted octanol–water partition coefficient (Wildman–Crippen LogP) is 1.17. The van der Waals surface area contributed by atoms with Crippen LogP contribution in [0.15, 0.2) is 29.2 Å². The van der Waals surface area contributed by atoms with E-state index in [4.69, 9.17) is 5.73 Å². The van der Waals surface area contributed by atoms with Crippen LogP contribution in [0, 0.1) is 11.8 Å². The van der Waals surface area contributed by atoms with E-state index in [1.54, 1.807) is 24.3 Å². The van der Waals surface area contributed by atoms with Gasteiger partial charge < -0.3 is 5.73 Å². The molecule has 0 saturated carbocycles. The number of thioether (sulfide) groups is 1. The highest BCUT2D eigenvalue weighted by molar-refractivity contribution is 7.99. The molecule has 0 unspecified atom stereocenters. The Kier molecular flexibility index (Phi) is 5.49. The largest absolute Gasteiger partial charge is 0.320 e. The van der Waals surface area contributed by atoms with E-state index < -0.39 is 10.0 Å². The Morgan fingerprint density at radius 1 is 1.35 bits per heavy atom. The van der Waals surface area contributed by atoms with E-state index in [2.05, 4.69) is 16.6 Å². The van der Waals surface area contributed by atoms with Gasteiger partial charge in [-0.25, -0.2) is 13.1 Å². The molecule has 0 atom stereocenters. The average molecular weight is 310 g/mol. The van der Waals surface area contributed by atoms with Crippen molar-refractivity contribution in [2.24, 2.45) is 5.73 Å². The van der Waals surface area contributed by atoms with E-state index >= 15 is 0 Å². The fourth-order valence-electron chi connectivity index (χ4n) is 2.00. The summed E-state index contributed by atoms with van der Waals surface area (Å²) in [6.45, 7) is 0.259. The Labute approximate surface area is 124 Å². The number of hydrogen-bond acceptors (Lipinski definition) is 4. The molecule has 0 amide bonds. The van der Waals surface area contributed by atoms with Gasteiger partial charge in [0, 0.05) is 11.6 Å². The van der Waals surface area contributed by atoms with Crippen molar-refractivity contribution in [3.63, 3.8) is 0 Å². The zero-order valence-corrected chi connectivity index (χ0v) is 12.8. The van der Waals surface area contributed by atoms with Crippen molar-refractivity contribution < 1.29 is 8.42 Å². The lowest BCUT2D eigenvalue weighted by Gasteiger charge is -2.22. The molecule has 1 aromatic rings. The maximum Gasteiger partial charge on any atom is 0.240 e. The second-order valence-corrected chi connectivity index (χ2v) is 7.48. The van der Waals surface area contributed by atoms with Gasteiger partial charge in [0.2, 0.25) is 10.0 Å². The summed E-state index contributed by atoms with van der Waals surface area (Å²) in [6.07, 6.45) is 1.77. The van der Waals surface area contributed by atoms with Crippen LogP contribution >= 0.6 is 11.8 Å². The van der Waals surface area contributed by atoms with E-state index in [1.807, 2.05) is 11.8 Å². The van der Waals surface area contributed by atoms with Crippen molar-refractivity contribution in [1.29, 1.82) is 0 Å². The molecular formula is C14H18N2O2S2. The van der Waals surface area contributed by atoms with Crippen LogP contribution in [0.2, 0.25) is 0 Å². The van der Waals surface area contributed by atoms with Gasteiger partial charge in [0.15, 0.2) is 0 Å². The van der Waals surface area contributed by atoms with E-state index in [-0.39, 0.29) is 17.5 Å². The fraction of sp³-hybridized carbons (Fsp3) is 0.429. The number of nitrogens with two attached hydrogens (primary N) is 1. The molecule has 0 aliphatic carbocycles. The molecule has 3 N–H and O–H groups in total. The summed E-state index contributed by atoms with van der Waals surface area (Å²) in [4.78, 5) is 0.263.